The second kappa shape index (κ2) is 8.74. The fourth-order valence-electron chi connectivity index (χ4n) is 2.54. The molecule has 0 amide bonds. The van der Waals surface area contributed by atoms with Gasteiger partial charge in [-0.15, -0.1) is 0 Å². The van der Waals surface area contributed by atoms with Gasteiger partial charge in [0.15, 0.2) is 0 Å². The van der Waals surface area contributed by atoms with Crippen LogP contribution in [-0.2, 0) is 6.54 Å². The number of nitrogens with zero attached hydrogens (tertiary/aromatic N) is 1. The predicted octanol–water partition coefficient (Wildman–Crippen LogP) is 4.68. The van der Waals surface area contributed by atoms with Crippen molar-refractivity contribution in [2.75, 3.05) is 11.9 Å². The standard InChI is InChI=1S/C17H30BrN3/c1-11(2)16(12(3)4)10-21-17-14(8-19-13(5)6)7-15(18)9-20-17/h7,9,11-13,16,19H,8,10H2,1-6H3,(H,20,21). The second-order valence-electron chi connectivity index (χ2n) is 6.73. The van der Waals surface area contributed by atoms with Crippen molar-refractivity contribution in [3.63, 3.8) is 0 Å². The van der Waals surface area contributed by atoms with E-state index in [2.05, 4.69) is 79.2 Å². The van der Waals surface area contributed by atoms with Crippen molar-refractivity contribution in [2.24, 2.45) is 17.8 Å². The fraction of sp³-hybridized carbons (Fsp3) is 0.706. The molecule has 21 heavy (non-hydrogen) atoms. The highest BCUT2D eigenvalue weighted by molar-refractivity contribution is 9.10. The van der Waals surface area contributed by atoms with Crippen LogP contribution in [0.4, 0.5) is 5.82 Å². The highest BCUT2D eigenvalue weighted by Gasteiger charge is 2.18. The number of nitrogens with one attached hydrogen (secondary N) is 2. The van der Waals surface area contributed by atoms with Crippen molar-refractivity contribution < 1.29 is 0 Å². The van der Waals surface area contributed by atoms with E-state index in [9.17, 15) is 0 Å². The van der Waals surface area contributed by atoms with Crippen molar-refractivity contribution in [3.8, 4) is 0 Å². The van der Waals surface area contributed by atoms with Gasteiger partial charge >= 0.3 is 0 Å². The number of rotatable bonds is 8. The minimum atomic E-state index is 0.468. The molecular formula is C17H30BrN3. The quantitative estimate of drug-likeness (QED) is 0.710. The highest BCUT2D eigenvalue weighted by atomic mass is 79.9. The lowest BCUT2D eigenvalue weighted by atomic mass is 9.85. The van der Waals surface area contributed by atoms with Crippen LogP contribution in [0.3, 0.4) is 0 Å². The number of halogens is 1. The predicted molar refractivity (Wildman–Crippen MR) is 95.6 cm³/mol. The van der Waals surface area contributed by atoms with Crippen LogP contribution in [0.2, 0.25) is 0 Å². The lowest BCUT2D eigenvalue weighted by Crippen LogP contribution is -2.26. The Balaban J connectivity index is 2.77. The lowest BCUT2D eigenvalue weighted by Gasteiger charge is -2.26. The average Bonchev–Trinajstić information content (AvgIpc) is 2.37. The summed E-state index contributed by atoms with van der Waals surface area (Å²) in [5.41, 5.74) is 1.21. The summed E-state index contributed by atoms with van der Waals surface area (Å²) in [6.45, 7) is 15.3. The zero-order valence-corrected chi connectivity index (χ0v) is 15.8. The van der Waals surface area contributed by atoms with E-state index in [4.69, 9.17) is 0 Å². The first-order chi connectivity index (χ1) is 9.81. The van der Waals surface area contributed by atoms with Crippen molar-refractivity contribution in [3.05, 3.63) is 22.3 Å². The van der Waals surface area contributed by atoms with Crippen LogP contribution >= 0.6 is 15.9 Å². The molecule has 0 unspecified atom stereocenters. The Bertz CT molecular complexity index is 422. The molecule has 0 atom stereocenters. The molecule has 1 aromatic heterocycles. The monoisotopic (exact) mass is 355 g/mol. The van der Waals surface area contributed by atoms with E-state index < -0.39 is 0 Å². The van der Waals surface area contributed by atoms with Crippen LogP contribution in [0.5, 0.6) is 0 Å². The Morgan fingerprint density at radius 3 is 2.24 bits per heavy atom. The van der Waals surface area contributed by atoms with Gasteiger partial charge in [-0.25, -0.2) is 4.98 Å². The first-order valence-corrected chi connectivity index (χ1v) is 8.72. The molecule has 1 aromatic rings. The fourth-order valence-corrected chi connectivity index (χ4v) is 2.92. The van der Waals surface area contributed by atoms with Crippen molar-refractivity contribution >= 4 is 21.7 Å². The molecule has 0 aliphatic heterocycles. The van der Waals surface area contributed by atoms with Gasteiger partial charge in [-0.2, -0.15) is 0 Å². The second-order valence-corrected chi connectivity index (χ2v) is 7.65. The van der Waals surface area contributed by atoms with E-state index in [1.807, 2.05) is 6.20 Å². The number of pyridine rings is 1. The average molecular weight is 356 g/mol. The number of anilines is 1. The third kappa shape index (κ3) is 6.35. The van der Waals surface area contributed by atoms with Gasteiger partial charge < -0.3 is 10.6 Å². The third-order valence-electron chi connectivity index (χ3n) is 3.85. The molecule has 0 radical (unpaired) electrons. The maximum absolute atomic E-state index is 4.55. The molecule has 0 aliphatic rings. The van der Waals surface area contributed by atoms with Gasteiger partial charge in [-0.1, -0.05) is 41.5 Å². The van der Waals surface area contributed by atoms with Gasteiger partial charge in [-0.3, -0.25) is 0 Å². The smallest absolute Gasteiger partial charge is 0.130 e. The van der Waals surface area contributed by atoms with Crippen LogP contribution in [0, 0.1) is 17.8 Å². The topological polar surface area (TPSA) is 37.0 Å². The summed E-state index contributed by atoms with van der Waals surface area (Å²) < 4.78 is 1.03. The van der Waals surface area contributed by atoms with Crippen molar-refractivity contribution in [2.45, 2.75) is 54.1 Å². The van der Waals surface area contributed by atoms with Gasteiger partial charge in [-0.05, 0) is 39.8 Å². The lowest BCUT2D eigenvalue weighted by molar-refractivity contribution is 0.304. The van der Waals surface area contributed by atoms with Crippen LogP contribution in [-0.4, -0.2) is 17.6 Å². The zero-order chi connectivity index (χ0) is 16.0. The molecule has 0 aliphatic carbocycles. The molecule has 0 fully saturated rings. The van der Waals surface area contributed by atoms with E-state index in [1.165, 1.54) is 5.56 Å². The maximum atomic E-state index is 4.55. The van der Waals surface area contributed by atoms with Gasteiger partial charge in [0, 0.05) is 35.4 Å². The van der Waals surface area contributed by atoms with Crippen LogP contribution in [0.1, 0.15) is 47.1 Å². The van der Waals surface area contributed by atoms with Crippen LogP contribution < -0.4 is 10.6 Å². The summed E-state index contributed by atoms with van der Waals surface area (Å²) in [6, 6.07) is 2.61. The summed E-state index contributed by atoms with van der Waals surface area (Å²) in [5, 5.41) is 7.02. The summed E-state index contributed by atoms with van der Waals surface area (Å²) in [6.07, 6.45) is 1.86. The van der Waals surface area contributed by atoms with Crippen LogP contribution in [0.25, 0.3) is 0 Å². The molecule has 120 valence electrons. The van der Waals surface area contributed by atoms with Crippen LogP contribution in [0.15, 0.2) is 16.7 Å². The number of hydrogen-bond donors (Lipinski definition) is 2. The van der Waals surface area contributed by atoms with Gasteiger partial charge in [0.2, 0.25) is 0 Å². The van der Waals surface area contributed by atoms with Crippen molar-refractivity contribution in [1.29, 1.82) is 0 Å². The summed E-state index contributed by atoms with van der Waals surface area (Å²) in [5.74, 6) is 2.99. The van der Waals surface area contributed by atoms with E-state index in [1.54, 1.807) is 0 Å². The largest absolute Gasteiger partial charge is 0.370 e. The molecule has 0 saturated heterocycles. The Morgan fingerprint density at radius 1 is 1.10 bits per heavy atom. The molecule has 0 spiro atoms. The van der Waals surface area contributed by atoms with E-state index in [-0.39, 0.29) is 0 Å². The minimum absolute atomic E-state index is 0.468. The molecule has 0 saturated carbocycles. The SMILES string of the molecule is CC(C)NCc1cc(Br)cnc1NCC(C(C)C)C(C)C. The van der Waals surface area contributed by atoms with Gasteiger partial charge in [0.1, 0.15) is 5.82 Å². The minimum Gasteiger partial charge on any atom is -0.370 e. The highest BCUT2D eigenvalue weighted by Crippen LogP contribution is 2.23. The zero-order valence-electron chi connectivity index (χ0n) is 14.2. The summed E-state index contributed by atoms with van der Waals surface area (Å²) in [7, 11) is 0. The summed E-state index contributed by atoms with van der Waals surface area (Å²) in [4.78, 5) is 4.55. The Morgan fingerprint density at radius 2 is 1.71 bits per heavy atom. The van der Waals surface area contributed by atoms with Gasteiger partial charge in [0.25, 0.3) is 0 Å². The molecule has 2 N–H and O–H groups in total. The molecule has 0 bridgehead atoms. The molecular weight excluding hydrogens is 326 g/mol. The van der Waals surface area contributed by atoms with Crippen molar-refractivity contribution in [1.82, 2.24) is 10.3 Å². The Labute approximate surface area is 138 Å². The molecule has 1 rings (SSSR count). The first-order valence-electron chi connectivity index (χ1n) is 7.93. The van der Waals surface area contributed by atoms with E-state index in [0.29, 0.717) is 23.8 Å². The third-order valence-corrected chi connectivity index (χ3v) is 4.29. The number of hydrogen-bond acceptors (Lipinski definition) is 3. The van der Waals surface area contributed by atoms with E-state index in [0.717, 1.165) is 23.4 Å². The maximum Gasteiger partial charge on any atom is 0.130 e. The van der Waals surface area contributed by atoms with E-state index >= 15 is 0 Å². The normalized spacial score (nSPS) is 12.0. The molecule has 0 aromatic carbocycles. The molecule has 1 heterocycles. The summed E-state index contributed by atoms with van der Waals surface area (Å²) >= 11 is 3.51. The Kier molecular flexibility index (Phi) is 7.67. The first kappa shape index (κ1) is 18.4. The molecule has 3 nitrogen and oxygen atoms in total. The number of aromatic nitrogens is 1. The molecule has 4 heteroatoms. The van der Waals surface area contributed by atoms with Gasteiger partial charge in [0.05, 0.1) is 0 Å². The Hall–Kier alpha value is -0.610.